The van der Waals surface area contributed by atoms with Crippen molar-refractivity contribution < 1.29 is 4.79 Å². The molecule has 0 unspecified atom stereocenters. The topological polar surface area (TPSA) is 99.2 Å². The monoisotopic (exact) mass is 634 g/mol. The largest absolute Gasteiger partial charge is 0.357 e. The summed E-state index contributed by atoms with van der Waals surface area (Å²) in [5, 5.41) is 7.42. The number of benzene rings is 2. The third-order valence-corrected chi connectivity index (χ3v) is 8.97. The molecule has 0 aliphatic carbocycles. The molecule has 1 aliphatic heterocycles. The van der Waals surface area contributed by atoms with E-state index in [1.54, 1.807) is 18.3 Å². The Hall–Kier alpha value is -4.60. The Labute approximate surface area is 275 Å². The fourth-order valence-electron chi connectivity index (χ4n) is 5.98. The minimum atomic E-state index is -0.308. The van der Waals surface area contributed by atoms with Gasteiger partial charge in [-0.2, -0.15) is 0 Å². The maximum absolute atomic E-state index is 12.9. The molecular formula is C36H39ClN8O. The van der Waals surface area contributed by atoms with Gasteiger partial charge in [0.1, 0.15) is 11.0 Å². The summed E-state index contributed by atoms with van der Waals surface area (Å²) in [5.41, 5.74) is 6.99. The minimum Gasteiger partial charge on any atom is -0.357 e. The molecule has 1 amide bonds. The van der Waals surface area contributed by atoms with Gasteiger partial charge in [0.2, 0.25) is 5.95 Å². The first-order valence-corrected chi connectivity index (χ1v) is 16.0. The molecular weight excluding hydrogens is 596 g/mol. The number of pyridine rings is 2. The van der Waals surface area contributed by atoms with Crippen LogP contribution in [0.2, 0.25) is 5.15 Å². The summed E-state index contributed by atoms with van der Waals surface area (Å²) < 4.78 is 0. The summed E-state index contributed by atoms with van der Waals surface area (Å²) >= 11 is 6.15. The average Bonchev–Trinajstić information content (AvgIpc) is 3.05. The first-order valence-electron chi connectivity index (χ1n) is 15.6. The van der Waals surface area contributed by atoms with E-state index in [9.17, 15) is 4.79 Å². The summed E-state index contributed by atoms with van der Waals surface area (Å²) in [4.78, 5) is 35.9. The standard InChI is InChI=1S/C36H39ClN8O/c1-22(2)30-18-24(31-19-26(9-8-23(31)3)41-35(46)29-7-6-14-38-34(29)37)17-25-20-40-36(43-33(25)30)42-27-10-11-32(39-21-27)45-15-12-28(13-16-45)44(4)5/h6-11,14,17-22,28H,12-13,15-16H2,1-5H3,(H,41,46)(H,40,42,43). The smallest absolute Gasteiger partial charge is 0.258 e. The molecule has 46 heavy (non-hydrogen) atoms. The molecule has 236 valence electrons. The van der Waals surface area contributed by atoms with Crippen LogP contribution in [-0.2, 0) is 0 Å². The van der Waals surface area contributed by atoms with Gasteiger partial charge in [-0.15, -0.1) is 0 Å². The normalized spacial score (nSPS) is 13.9. The van der Waals surface area contributed by atoms with Crippen molar-refractivity contribution in [3.8, 4) is 11.1 Å². The second kappa shape index (κ2) is 13.4. The number of anilines is 4. The first kappa shape index (κ1) is 31.4. The van der Waals surface area contributed by atoms with Crippen LogP contribution in [0.4, 0.5) is 23.1 Å². The van der Waals surface area contributed by atoms with Crippen LogP contribution in [0, 0.1) is 6.92 Å². The predicted molar refractivity (Wildman–Crippen MR) is 187 cm³/mol. The number of hydrogen-bond acceptors (Lipinski definition) is 8. The Morgan fingerprint density at radius 2 is 1.76 bits per heavy atom. The first-order chi connectivity index (χ1) is 22.2. The van der Waals surface area contributed by atoms with Gasteiger partial charge in [-0.3, -0.25) is 4.79 Å². The number of nitrogens with one attached hydrogen (secondary N) is 2. The Kier molecular flexibility index (Phi) is 9.15. The highest BCUT2D eigenvalue weighted by atomic mass is 35.5. The zero-order valence-electron chi connectivity index (χ0n) is 26.9. The van der Waals surface area contributed by atoms with Crippen LogP contribution in [-0.4, -0.2) is 64.0 Å². The van der Waals surface area contributed by atoms with Gasteiger partial charge in [-0.1, -0.05) is 31.5 Å². The predicted octanol–water partition coefficient (Wildman–Crippen LogP) is 7.70. The number of carbonyl (C=O) groups is 1. The molecule has 10 heteroatoms. The third kappa shape index (κ3) is 6.80. The van der Waals surface area contributed by atoms with Crippen LogP contribution in [0.25, 0.3) is 22.0 Å². The number of aromatic nitrogens is 4. The van der Waals surface area contributed by atoms with Crippen molar-refractivity contribution in [3.05, 3.63) is 95.0 Å². The molecule has 0 bridgehead atoms. The maximum atomic E-state index is 12.9. The number of rotatable bonds is 8. The van der Waals surface area contributed by atoms with Crippen LogP contribution >= 0.6 is 11.6 Å². The van der Waals surface area contributed by atoms with Crippen molar-refractivity contribution in [2.24, 2.45) is 0 Å². The van der Waals surface area contributed by atoms with Gasteiger partial charge >= 0.3 is 0 Å². The highest BCUT2D eigenvalue weighted by Gasteiger charge is 2.21. The summed E-state index contributed by atoms with van der Waals surface area (Å²) in [6, 6.07) is 18.3. The van der Waals surface area contributed by atoms with Gasteiger partial charge in [-0.05, 0) is 111 Å². The maximum Gasteiger partial charge on any atom is 0.258 e. The van der Waals surface area contributed by atoms with Crippen LogP contribution in [0.5, 0.6) is 0 Å². The molecule has 0 saturated carbocycles. The van der Waals surface area contributed by atoms with E-state index in [1.807, 2.05) is 36.7 Å². The second-order valence-electron chi connectivity index (χ2n) is 12.4. The van der Waals surface area contributed by atoms with Gasteiger partial charge in [-0.25, -0.2) is 19.9 Å². The molecule has 3 aromatic heterocycles. The molecule has 2 aromatic carbocycles. The Balaban J connectivity index is 1.23. The fraction of sp³-hybridized carbons (Fsp3) is 0.306. The van der Waals surface area contributed by atoms with E-state index in [0.717, 1.165) is 70.6 Å². The molecule has 0 radical (unpaired) electrons. The van der Waals surface area contributed by atoms with E-state index in [2.05, 4.69) is 83.5 Å². The zero-order valence-corrected chi connectivity index (χ0v) is 27.6. The van der Waals surface area contributed by atoms with E-state index in [0.29, 0.717) is 23.2 Å². The molecule has 5 aromatic rings. The summed E-state index contributed by atoms with van der Waals surface area (Å²) in [6.07, 6.45) is 7.56. The van der Waals surface area contributed by atoms with Crippen molar-refractivity contribution in [2.45, 2.75) is 45.6 Å². The second-order valence-corrected chi connectivity index (χ2v) is 12.7. The molecule has 0 spiro atoms. The molecule has 9 nitrogen and oxygen atoms in total. The van der Waals surface area contributed by atoms with Crippen molar-refractivity contribution in [1.82, 2.24) is 24.8 Å². The van der Waals surface area contributed by atoms with Gasteiger partial charge in [0.25, 0.3) is 5.91 Å². The lowest BCUT2D eigenvalue weighted by atomic mass is 9.92. The van der Waals surface area contributed by atoms with Gasteiger partial charge in [0, 0.05) is 42.6 Å². The molecule has 1 aliphatic rings. The minimum absolute atomic E-state index is 0.168. The van der Waals surface area contributed by atoms with E-state index < -0.39 is 0 Å². The number of halogens is 1. The average molecular weight is 635 g/mol. The highest BCUT2D eigenvalue weighted by Crippen LogP contribution is 2.34. The van der Waals surface area contributed by atoms with E-state index in [-0.39, 0.29) is 17.0 Å². The lowest BCUT2D eigenvalue weighted by Crippen LogP contribution is -2.42. The van der Waals surface area contributed by atoms with Crippen molar-refractivity contribution in [2.75, 3.05) is 42.7 Å². The van der Waals surface area contributed by atoms with E-state index >= 15 is 0 Å². The van der Waals surface area contributed by atoms with Crippen molar-refractivity contribution >= 4 is 51.6 Å². The Bertz CT molecular complexity index is 1870. The van der Waals surface area contributed by atoms with E-state index in [1.165, 1.54) is 0 Å². The number of fused-ring (bicyclic) bond motifs is 1. The Morgan fingerprint density at radius 1 is 0.978 bits per heavy atom. The van der Waals surface area contributed by atoms with Gasteiger partial charge in [0.05, 0.1) is 23.0 Å². The van der Waals surface area contributed by atoms with Crippen molar-refractivity contribution in [3.63, 3.8) is 0 Å². The third-order valence-electron chi connectivity index (χ3n) is 8.67. The number of amides is 1. The van der Waals surface area contributed by atoms with Gasteiger partial charge < -0.3 is 20.4 Å². The van der Waals surface area contributed by atoms with Crippen molar-refractivity contribution in [1.29, 1.82) is 0 Å². The quantitative estimate of drug-likeness (QED) is 0.168. The highest BCUT2D eigenvalue weighted by molar-refractivity contribution is 6.33. The molecule has 0 atom stereocenters. The van der Waals surface area contributed by atoms with Crippen LogP contribution in [0.1, 0.15) is 54.1 Å². The van der Waals surface area contributed by atoms with Gasteiger partial charge in [0.15, 0.2) is 0 Å². The number of hydrogen-bond donors (Lipinski definition) is 2. The molecule has 6 rings (SSSR count). The van der Waals surface area contributed by atoms with Crippen LogP contribution < -0.4 is 15.5 Å². The Morgan fingerprint density at radius 3 is 2.46 bits per heavy atom. The van der Waals surface area contributed by atoms with Crippen LogP contribution in [0.15, 0.2) is 73.2 Å². The number of nitrogens with zero attached hydrogens (tertiary/aromatic N) is 6. The van der Waals surface area contributed by atoms with E-state index in [4.69, 9.17) is 21.6 Å². The molecule has 1 fully saturated rings. The fourth-order valence-corrected chi connectivity index (χ4v) is 6.19. The summed E-state index contributed by atoms with van der Waals surface area (Å²) in [6.45, 7) is 8.41. The molecule has 4 heterocycles. The number of piperidine rings is 1. The number of aryl methyl sites for hydroxylation is 1. The summed E-state index contributed by atoms with van der Waals surface area (Å²) in [5.74, 6) is 1.44. The zero-order chi connectivity index (χ0) is 32.4. The summed E-state index contributed by atoms with van der Waals surface area (Å²) in [7, 11) is 4.31. The van der Waals surface area contributed by atoms with Crippen LogP contribution in [0.3, 0.4) is 0 Å². The number of carbonyl (C=O) groups excluding carboxylic acids is 1. The molecule has 2 N–H and O–H groups in total. The lowest BCUT2D eigenvalue weighted by Gasteiger charge is -2.35. The molecule has 1 saturated heterocycles. The lowest BCUT2D eigenvalue weighted by molar-refractivity contribution is 0.102. The SMILES string of the molecule is Cc1ccc(NC(=O)c2cccnc2Cl)cc1-c1cc(C(C)C)c2nc(Nc3ccc(N4CCC(N(C)C)CC4)nc3)ncc2c1.